The highest BCUT2D eigenvalue weighted by molar-refractivity contribution is 5.95. The van der Waals surface area contributed by atoms with Gasteiger partial charge in [-0.05, 0) is 110 Å². The van der Waals surface area contributed by atoms with Crippen LogP contribution in [0, 0.1) is 11.3 Å². The predicted molar refractivity (Wildman–Crippen MR) is 189 cm³/mol. The van der Waals surface area contributed by atoms with Crippen molar-refractivity contribution in [3.8, 4) is 6.07 Å². The Kier molecular flexibility index (Phi) is 10.1. The summed E-state index contributed by atoms with van der Waals surface area (Å²) in [6.07, 6.45) is 3.36. The molecule has 3 amide bonds. The van der Waals surface area contributed by atoms with Gasteiger partial charge in [-0.3, -0.25) is 14.4 Å². The average Bonchev–Trinajstić information content (AvgIpc) is 3.86. The average molecular weight is 694 g/mol. The maximum Gasteiger partial charge on any atom is 0.253 e. The van der Waals surface area contributed by atoms with E-state index in [2.05, 4.69) is 55.9 Å². The molecule has 3 aliphatic heterocycles. The summed E-state index contributed by atoms with van der Waals surface area (Å²) in [5.74, 6) is 0.519. The Morgan fingerprint density at radius 1 is 0.863 bits per heavy atom. The minimum Gasteiger partial charge on any atom is -0.336 e. The van der Waals surface area contributed by atoms with Crippen LogP contribution in [0.5, 0.6) is 0 Å². The molecule has 7 rings (SSSR count). The smallest absolute Gasteiger partial charge is 0.253 e. The van der Waals surface area contributed by atoms with Gasteiger partial charge in [-0.1, -0.05) is 12.1 Å². The Hall–Kier alpha value is -4.71. The van der Waals surface area contributed by atoms with Crippen LogP contribution in [-0.4, -0.2) is 155 Å². The molecule has 0 saturated carbocycles. The first-order valence-electron chi connectivity index (χ1n) is 18.1. The van der Waals surface area contributed by atoms with Crippen LogP contribution in [0.3, 0.4) is 0 Å². The Balaban J connectivity index is 1.24. The molecule has 2 N–H and O–H groups in total. The molecule has 4 aliphatic rings. The van der Waals surface area contributed by atoms with Gasteiger partial charge in [0.1, 0.15) is 6.04 Å². The van der Waals surface area contributed by atoms with Crippen LogP contribution in [0.1, 0.15) is 68.1 Å². The fraction of sp³-hybridized carbons (Fsp3) is 0.541. The lowest BCUT2D eigenvalue weighted by Gasteiger charge is -2.35. The molecule has 14 heteroatoms. The quantitative estimate of drug-likeness (QED) is 0.325. The number of aromatic nitrogens is 4. The van der Waals surface area contributed by atoms with E-state index in [1.165, 1.54) is 0 Å². The number of aryl methyl sites for hydroxylation is 2. The molecule has 4 heterocycles. The highest BCUT2D eigenvalue weighted by atomic mass is 16.2. The molecule has 14 nitrogen and oxygen atoms in total. The normalized spacial score (nSPS) is 20.7. The number of likely N-dealkylation sites (tertiary alicyclic amines) is 1. The number of benzene rings is 2. The van der Waals surface area contributed by atoms with Crippen LogP contribution in [0.25, 0.3) is 0 Å². The van der Waals surface area contributed by atoms with E-state index in [4.69, 9.17) is 0 Å². The molecule has 0 spiro atoms. The number of nitrogens with one attached hydrogen (secondary N) is 2. The second-order valence-corrected chi connectivity index (χ2v) is 14.4. The largest absolute Gasteiger partial charge is 0.336 e. The molecule has 0 radical (unpaired) electrons. The highest BCUT2D eigenvalue weighted by Crippen LogP contribution is 2.46. The molecule has 3 fully saturated rings. The lowest BCUT2D eigenvalue weighted by atomic mass is 9.69. The SMILES string of the molecule is CN1CCN(C(=O)c2ccc3c(c2)CCc2cc(C(=O)N4CCN(C)CC4)ccc2C3(CCNCC(=O)N2CCC[C@H]2C#N)c2nnn[nH]2)CC1. The van der Waals surface area contributed by atoms with Crippen molar-refractivity contribution in [1.29, 1.82) is 5.26 Å². The number of piperazine rings is 2. The van der Waals surface area contributed by atoms with Crippen LogP contribution in [0.2, 0.25) is 0 Å². The van der Waals surface area contributed by atoms with E-state index in [0.717, 1.165) is 54.9 Å². The monoisotopic (exact) mass is 693 g/mol. The summed E-state index contributed by atoms with van der Waals surface area (Å²) in [7, 11) is 4.15. The first kappa shape index (κ1) is 34.7. The standard InChI is InChI=1S/C37H47N11O3/c1-44-14-18-46(19-15-44)34(50)28-7-9-31-26(22-28)5-6-27-23-29(35(51)47-20-16-45(2)17-21-47)8-10-32(27)37(31,36-40-42-43-41-36)11-12-39-25-33(49)48-13-3-4-30(48)24-38/h7-10,22-23,30,39H,3-6,11-21,25H2,1-2H3,(H,40,41,42,43)/t30-/m0/s1. The topological polar surface area (TPSA) is 158 Å². The zero-order chi connectivity index (χ0) is 35.5. The third-order valence-corrected chi connectivity index (χ3v) is 11.3. The number of fused-ring (bicyclic) bond motifs is 2. The number of hydrogen-bond acceptors (Lipinski definition) is 10. The van der Waals surface area contributed by atoms with Gasteiger partial charge in [0, 0.05) is 70.0 Å². The minimum absolute atomic E-state index is 0.0254. The second kappa shape index (κ2) is 14.9. The van der Waals surface area contributed by atoms with Gasteiger partial charge >= 0.3 is 0 Å². The van der Waals surface area contributed by atoms with Crippen LogP contribution < -0.4 is 5.32 Å². The molecule has 1 atom stereocenters. The minimum atomic E-state index is -0.867. The van der Waals surface area contributed by atoms with E-state index < -0.39 is 5.41 Å². The van der Waals surface area contributed by atoms with Gasteiger partial charge in [-0.15, -0.1) is 5.10 Å². The van der Waals surface area contributed by atoms with Crippen molar-refractivity contribution < 1.29 is 14.4 Å². The maximum absolute atomic E-state index is 13.8. The molecular weight excluding hydrogens is 646 g/mol. The van der Waals surface area contributed by atoms with Crippen molar-refractivity contribution in [1.82, 2.24) is 50.4 Å². The number of carbonyl (C=O) groups excluding carboxylic acids is 3. The van der Waals surface area contributed by atoms with E-state index in [9.17, 15) is 19.6 Å². The van der Waals surface area contributed by atoms with Gasteiger partial charge in [-0.2, -0.15) is 5.26 Å². The Morgan fingerprint density at radius 2 is 1.43 bits per heavy atom. The van der Waals surface area contributed by atoms with E-state index in [1.807, 2.05) is 46.2 Å². The summed E-state index contributed by atoms with van der Waals surface area (Å²) in [5, 5.41) is 28.5. The molecule has 3 aromatic rings. The van der Waals surface area contributed by atoms with Crippen molar-refractivity contribution in [2.24, 2.45) is 0 Å². The van der Waals surface area contributed by atoms with Crippen LogP contribution >= 0.6 is 0 Å². The number of rotatable bonds is 8. The Morgan fingerprint density at radius 3 is 1.94 bits per heavy atom. The van der Waals surface area contributed by atoms with Gasteiger partial charge in [0.2, 0.25) is 5.91 Å². The molecule has 2 aromatic carbocycles. The van der Waals surface area contributed by atoms with Crippen molar-refractivity contribution >= 4 is 17.7 Å². The zero-order valence-corrected chi connectivity index (χ0v) is 29.6. The van der Waals surface area contributed by atoms with Gasteiger partial charge in [0.25, 0.3) is 11.8 Å². The number of H-pyrrole nitrogens is 1. The number of hydrogen-bond donors (Lipinski definition) is 2. The van der Waals surface area contributed by atoms with E-state index in [0.29, 0.717) is 81.9 Å². The van der Waals surface area contributed by atoms with Gasteiger partial charge in [0.05, 0.1) is 18.0 Å². The van der Waals surface area contributed by atoms with Crippen molar-refractivity contribution in [3.05, 3.63) is 75.6 Å². The summed E-state index contributed by atoms with van der Waals surface area (Å²) < 4.78 is 0. The van der Waals surface area contributed by atoms with E-state index in [1.54, 1.807) is 4.90 Å². The summed E-state index contributed by atoms with van der Waals surface area (Å²) in [4.78, 5) is 50.6. The van der Waals surface area contributed by atoms with Crippen molar-refractivity contribution in [2.75, 3.05) is 86.1 Å². The fourth-order valence-corrected chi connectivity index (χ4v) is 8.25. The lowest BCUT2D eigenvalue weighted by Crippen LogP contribution is -2.47. The number of nitrogens with zero attached hydrogens (tertiary/aromatic N) is 9. The van der Waals surface area contributed by atoms with Crippen LogP contribution in [0.15, 0.2) is 36.4 Å². The fourth-order valence-electron chi connectivity index (χ4n) is 8.25. The number of carbonyl (C=O) groups is 3. The first-order valence-corrected chi connectivity index (χ1v) is 18.1. The number of amides is 3. The van der Waals surface area contributed by atoms with Gasteiger partial charge in [0.15, 0.2) is 5.82 Å². The van der Waals surface area contributed by atoms with Crippen molar-refractivity contribution in [2.45, 2.75) is 43.6 Å². The highest BCUT2D eigenvalue weighted by Gasteiger charge is 2.44. The summed E-state index contributed by atoms with van der Waals surface area (Å²) in [6.45, 7) is 7.26. The lowest BCUT2D eigenvalue weighted by molar-refractivity contribution is -0.130. The number of aromatic amines is 1. The van der Waals surface area contributed by atoms with Gasteiger partial charge < -0.3 is 29.8 Å². The van der Waals surface area contributed by atoms with E-state index in [-0.39, 0.29) is 30.3 Å². The molecule has 268 valence electrons. The summed E-state index contributed by atoms with van der Waals surface area (Å²) in [5.41, 5.74) is 4.48. The molecular formula is C37H47N11O3. The maximum atomic E-state index is 13.8. The van der Waals surface area contributed by atoms with Gasteiger partial charge in [-0.25, -0.2) is 5.10 Å². The number of likely N-dealkylation sites (N-methyl/N-ethyl adjacent to an activating group) is 2. The summed E-state index contributed by atoms with van der Waals surface area (Å²) >= 11 is 0. The Bertz CT molecular complexity index is 1700. The molecule has 0 unspecified atom stereocenters. The van der Waals surface area contributed by atoms with Crippen molar-refractivity contribution in [3.63, 3.8) is 0 Å². The second-order valence-electron chi connectivity index (χ2n) is 14.4. The van der Waals surface area contributed by atoms with Crippen LogP contribution in [0.4, 0.5) is 0 Å². The number of nitriles is 1. The predicted octanol–water partition coefficient (Wildman–Crippen LogP) is 0.902. The third kappa shape index (κ3) is 6.85. The summed E-state index contributed by atoms with van der Waals surface area (Å²) in [6, 6.07) is 13.9. The molecule has 1 aromatic heterocycles. The molecule has 1 aliphatic carbocycles. The molecule has 0 bridgehead atoms. The third-order valence-electron chi connectivity index (χ3n) is 11.3. The first-order chi connectivity index (χ1) is 24.8. The molecule has 51 heavy (non-hydrogen) atoms. The van der Waals surface area contributed by atoms with E-state index >= 15 is 0 Å². The zero-order valence-electron chi connectivity index (χ0n) is 29.6. The van der Waals surface area contributed by atoms with Crippen LogP contribution in [-0.2, 0) is 23.1 Å². The Labute approximate surface area is 298 Å². The number of tetrazole rings is 1. The molecule has 3 saturated heterocycles.